The molecule has 0 aliphatic carbocycles. The maximum Gasteiger partial charge on any atom is 0.271 e. The van der Waals surface area contributed by atoms with Gasteiger partial charge in [-0.15, -0.1) is 0 Å². The molecular formula is C24H28N2O2S. The predicted octanol–water partition coefficient (Wildman–Crippen LogP) is 5.75. The van der Waals surface area contributed by atoms with Crippen molar-refractivity contribution in [3.05, 3.63) is 53.7 Å². The van der Waals surface area contributed by atoms with Crippen molar-refractivity contribution < 1.29 is 9.53 Å². The van der Waals surface area contributed by atoms with Crippen LogP contribution in [0.4, 0.5) is 0 Å². The van der Waals surface area contributed by atoms with E-state index in [1.165, 1.54) is 12.0 Å². The topological polar surface area (TPSA) is 45.3 Å². The fourth-order valence-corrected chi connectivity index (χ4v) is 5.28. The smallest absolute Gasteiger partial charge is 0.271 e. The number of nitrogens with one attached hydrogen (secondary N) is 1. The van der Waals surface area contributed by atoms with Crippen LogP contribution in [-0.2, 0) is 0 Å². The number of ether oxygens (including phenoxy) is 1. The molecule has 1 saturated heterocycles. The van der Waals surface area contributed by atoms with Crippen LogP contribution in [-0.4, -0.2) is 36.0 Å². The summed E-state index contributed by atoms with van der Waals surface area (Å²) in [7, 11) is 1.66. The van der Waals surface area contributed by atoms with Crippen LogP contribution in [0.15, 0.2) is 52.3 Å². The zero-order chi connectivity index (χ0) is 20.5. The predicted molar refractivity (Wildman–Crippen MR) is 119 cm³/mol. The quantitative estimate of drug-likeness (QED) is 0.597. The number of carbonyl (C=O) groups excluding carboxylic acids is 1. The van der Waals surface area contributed by atoms with Crippen molar-refractivity contribution in [2.45, 2.75) is 37.0 Å². The molecule has 2 aromatic carbocycles. The lowest BCUT2D eigenvalue weighted by Crippen LogP contribution is -2.42. The highest BCUT2D eigenvalue weighted by Gasteiger charge is 2.29. The molecule has 2 atom stereocenters. The van der Waals surface area contributed by atoms with Crippen LogP contribution in [0.3, 0.4) is 0 Å². The number of hydrogen-bond acceptors (Lipinski definition) is 3. The lowest BCUT2D eigenvalue weighted by atomic mass is 9.92. The number of hydrogen-bond donors (Lipinski definition) is 1. The first-order valence-corrected chi connectivity index (χ1v) is 11.0. The van der Waals surface area contributed by atoms with Crippen molar-refractivity contribution >= 4 is 28.6 Å². The van der Waals surface area contributed by atoms with Crippen LogP contribution in [0.5, 0.6) is 5.75 Å². The maximum absolute atomic E-state index is 13.5. The van der Waals surface area contributed by atoms with Gasteiger partial charge in [-0.05, 0) is 49.4 Å². The van der Waals surface area contributed by atoms with Gasteiger partial charge in [0.2, 0.25) is 0 Å². The van der Waals surface area contributed by atoms with E-state index in [1.54, 1.807) is 18.9 Å². The Balaban J connectivity index is 1.76. The number of amides is 1. The number of rotatable bonds is 4. The molecule has 1 aliphatic rings. The van der Waals surface area contributed by atoms with Crippen LogP contribution >= 0.6 is 11.8 Å². The molecule has 152 valence electrons. The van der Waals surface area contributed by atoms with Gasteiger partial charge in [-0.2, -0.15) is 0 Å². The number of aromatic nitrogens is 1. The highest BCUT2D eigenvalue weighted by atomic mass is 32.2. The second-order valence-corrected chi connectivity index (χ2v) is 9.40. The first-order chi connectivity index (χ1) is 13.9. The van der Waals surface area contributed by atoms with Gasteiger partial charge in [0.05, 0.1) is 17.5 Å². The standard InChI is InChI=1S/C24H28N2O2S/c1-15-5-8-19(9-6-15)29-23-20-10-7-18(28-4)12-21(20)25-22(23)24(27)26-13-16(2)11-17(3)14-26/h5-10,12,16-17,25H,11,13-14H2,1-4H3. The molecule has 1 aliphatic heterocycles. The normalized spacial score (nSPS) is 19.5. The monoisotopic (exact) mass is 408 g/mol. The molecule has 1 fully saturated rings. The Morgan fingerprint density at radius 1 is 1.10 bits per heavy atom. The number of aromatic amines is 1. The first-order valence-electron chi connectivity index (χ1n) is 10.2. The molecule has 0 spiro atoms. The molecule has 2 unspecified atom stereocenters. The lowest BCUT2D eigenvalue weighted by molar-refractivity contribution is 0.0614. The van der Waals surface area contributed by atoms with Crippen molar-refractivity contribution in [3.8, 4) is 5.75 Å². The average molecular weight is 409 g/mol. The van der Waals surface area contributed by atoms with Crippen molar-refractivity contribution in [2.24, 2.45) is 11.8 Å². The third kappa shape index (κ3) is 4.15. The van der Waals surface area contributed by atoms with E-state index >= 15 is 0 Å². The molecule has 1 amide bonds. The number of piperidine rings is 1. The molecule has 0 bridgehead atoms. The van der Waals surface area contributed by atoms with Crippen LogP contribution in [0, 0.1) is 18.8 Å². The van der Waals surface area contributed by atoms with Gasteiger partial charge in [0.25, 0.3) is 5.91 Å². The second-order valence-electron chi connectivity index (χ2n) is 8.31. The van der Waals surface area contributed by atoms with E-state index in [-0.39, 0.29) is 5.91 Å². The summed E-state index contributed by atoms with van der Waals surface area (Å²) in [4.78, 5) is 21.1. The van der Waals surface area contributed by atoms with E-state index in [1.807, 2.05) is 23.1 Å². The van der Waals surface area contributed by atoms with Crippen molar-refractivity contribution in [1.29, 1.82) is 0 Å². The summed E-state index contributed by atoms with van der Waals surface area (Å²) in [6, 6.07) is 14.4. The highest BCUT2D eigenvalue weighted by Crippen LogP contribution is 2.39. The van der Waals surface area contributed by atoms with E-state index in [4.69, 9.17) is 4.74 Å². The number of benzene rings is 2. The van der Waals surface area contributed by atoms with E-state index in [0.717, 1.165) is 39.5 Å². The summed E-state index contributed by atoms with van der Waals surface area (Å²) in [5.74, 6) is 1.93. The van der Waals surface area contributed by atoms with Gasteiger partial charge >= 0.3 is 0 Å². The number of H-pyrrole nitrogens is 1. The molecule has 2 heterocycles. The molecule has 4 rings (SSSR count). The number of aryl methyl sites for hydroxylation is 1. The van der Waals surface area contributed by atoms with Gasteiger partial charge in [0.1, 0.15) is 11.4 Å². The summed E-state index contributed by atoms with van der Waals surface area (Å²) >= 11 is 1.65. The Hall–Kier alpha value is -2.40. The van der Waals surface area contributed by atoms with Crippen molar-refractivity contribution in [1.82, 2.24) is 9.88 Å². The van der Waals surface area contributed by atoms with Gasteiger partial charge in [0.15, 0.2) is 0 Å². The highest BCUT2D eigenvalue weighted by molar-refractivity contribution is 7.99. The number of carbonyl (C=O) groups is 1. The molecule has 0 saturated carbocycles. The van der Waals surface area contributed by atoms with E-state index in [2.05, 4.69) is 50.0 Å². The number of methoxy groups -OCH3 is 1. The van der Waals surface area contributed by atoms with Crippen LogP contribution in [0.1, 0.15) is 36.3 Å². The second kappa shape index (κ2) is 8.15. The van der Waals surface area contributed by atoms with E-state index < -0.39 is 0 Å². The zero-order valence-electron chi connectivity index (χ0n) is 17.5. The zero-order valence-corrected chi connectivity index (χ0v) is 18.3. The molecule has 1 aromatic heterocycles. The number of nitrogens with zero attached hydrogens (tertiary/aromatic N) is 1. The lowest BCUT2D eigenvalue weighted by Gasteiger charge is -2.34. The fraction of sp³-hybridized carbons (Fsp3) is 0.375. The molecule has 1 N–H and O–H groups in total. The molecule has 29 heavy (non-hydrogen) atoms. The maximum atomic E-state index is 13.5. The van der Waals surface area contributed by atoms with E-state index in [9.17, 15) is 4.79 Å². The summed E-state index contributed by atoms with van der Waals surface area (Å²) < 4.78 is 5.39. The van der Waals surface area contributed by atoms with Crippen LogP contribution in [0.2, 0.25) is 0 Å². The van der Waals surface area contributed by atoms with E-state index in [0.29, 0.717) is 17.5 Å². The minimum atomic E-state index is 0.0909. The summed E-state index contributed by atoms with van der Waals surface area (Å²) in [5.41, 5.74) is 2.84. The fourth-order valence-electron chi connectivity index (χ4n) is 4.25. The molecule has 3 aromatic rings. The summed E-state index contributed by atoms with van der Waals surface area (Å²) in [6.45, 7) is 8.18. The molecule has 0 radical (unpaired) electrons. The Morgan fingerprint density at radius 2 is 1.79 bits per heavy atom. The Kier molecular flexibility index (Phi) is 5.59. The van der Waals surface area contributed by atoms with Gasteiger partial charge in [0, 0.05) is 29.4 Å². The third-order valence-corrected chi connectivity index (χ3v) is 6.70. The number of likely N-dealkylation sites (tertiary alicyclic amines) is 1. The Labute approximate surface area is 176 Å². The largest absolute Gasteiger partial charge is 0.497 e. The van der Waals surface area contributed by atoms with Crippen molar-refractivity contribution in [3.63, 3.8) is 0 Å². The average Bonchev–Trinajstić information content (AvgIpc) is 3.05. The van der Waals surface area contributed by atoms with Gasteiger partial charge in [-0.3, -0.25) is 4.79 Å². The summed E-state index contributed by atoms with van der Waals surface area (Å²) in [6.07, 6.45) is 1.18. The molecule has 5 heteroatoms. The Morgan fingerprint density at radius 3 is 2.45 bits per heavy atom. The first kappa shape index (κ1) is 19.9. The Bertz CT molecular complexity index is 1020. The molecular weight excluding hydrogens is 380 g/mol. The minimum absolute atomic E-state index is 0.0909. The minimum Gasteiger partial charge on any atom is -0.497 e. The SMILES string of the molecule is COc1ccc2c(Sc3ccc(C)cc3)c(C(=O)N3CC(C)CC(C)C3)[nH]c2c1. The van der Waals surface area contributed by atoms with Gasteiger partial charge in [-0.1, -0.05) is 43.3 Å². The van der Waals surface area contributed by atoms with Gasteiger partial charge in [-0.25, -0.2) is 0 Å². The summed E-state index contributed by atoms with van der Waals surface area (Å²) in [5, 5.41) is 1.05. The van der Waals surface area contributed by atoms with Crippen molar-refractivity contribution in [2.75, 3.05) is 20.2 Å². The molecule has 4 nitrogen and oxygen atoms in total. The van der Waals surface area contributed by atoms with Crippen LogP contribution in [0.25, 0.3) is 10.9 Å². The van der Waals surface area contributed by atoms with Gasteiger partial charge < -0.3 is 14.6 Å². The third-order valence-electron chi connectivity index (χ3n) is 5.57. The van der Waals surface area contributed by atoms with Crippen LogP contribution < -0.4 is 4.74 Å². The number of fused-ring (bicyclic) bond motifs is 1.